The summed E-state index contributed by atoms with van der Waals surface area (Å²) in [6.45, 7) is 0.891. The average Bonchev–Trinajstić information content (AvgIpc) is 2.94. The average molecular weight is 326 g/mol. The number of likely N-dealkylation sites (tertiary alicyclic amines) is 1. The zero-order valence-electron chi connectivity index (χ0n) is 10.5. The smallest absolute Gasteiger partial charge is 0.329 e. The van der Waals surface area contributed by atoms with Crippen molar-refractivity contribution in [1.29, 1.82) is 0 Å². The minimum atomic E-state index is -0.422. The molecule has 102 valence electrons. The quantitative estimate of drug-likeness (QED) is 0.629. The first-order valence-electron chi connectivity index (χ1n) is 6.28. The topological polar surface area (TPSA) is 46.6 Å². The highest BCUT2D eigenvalue weighted by molar-refractivity contribution is 9.09. The molecule has 1 aliphatic heterocycles. The Morgan fingerprint density at radius 1 is 1.32 bits per heavy atom. The van der Waals surface area contributed by atoms with Gasteiger partial charge in [0, 0.05) is 6.54 Å². The van der Waals surface area contributed by atoms with Crippen LogP contribution < -0.4 is 0 Å². The molecule has 0 N–H and O–H groups in total. The molecular formula is C14H16BrNO3. The van der Waals surface area contributed by atoms with E-state index in [-0.39, 0.29) is 23.8 Å². The van der Waals surface area contributed by atoms with Crippen LogP contribution in [-0.2, 0) is 20.9 Å². The summed E-state index contributed by atoms with van der Waals surface area (Å²) in [6.07, 6.45) is 1.54. The first-order chi connectivity index (χ1) is 9.22. The van der Waals surface area contributed by atoms with Crippen LogP contribution in [0.4, 0.5) is 0 Å². The standard InChI is InChI=1S/C14H16BrNO3/c15-9-13(17)16-8-4-7-12(16)14(18)19-10-11-5-2-1-3-6-11/h1-3,5-6,12H,4,7-10H2/t12-/m1/s1. The summed E-state index contributed by atoms with van der Waals surface area (Å²) in [5.41, 5.74) is 0.951. The third kappa shape index (κ3) is 3.56. The fraction of sp³-hybridized carbons (Fsp3) is 0.429. The summed E-state index contributed by atoms with van der Waals surface area (Å²) in [6, 6.07) is 9.11. The van der Waals surface area contributed by atoms with Crippen LogP contribution in [0.5, 0.6) is 0 Å². The fourth-order valence-electron chi connectivity index (χ4n) is 2.21. The Hall–Kier alpha value is -1.36. The Morgan fingerprint density at radius 3 is 2.74 bits per heavy atom. The number of alkyl halides is 1. The molecule has 1 aliphatic rings. The Bertz CT molecular complexity index is 449. The molecule has 19 heavy (non-hydrogen) atoms. The van der Waals surface area contributed by atoms with E-state index in [0.29, 0.717) is 13.0 Å². The van der Waals surface area contributed by atoms with Crippen LogP contribution in [0.25, 0.3) is 0 Å². The van der Waals surface area contributed by atoms with Crippen molar-refractivity contribution in [2.75, 3.05) is 11.9 Å². The lowest BCUT2D eigenvalue weighted by Gasteiger charge is -2.22. The van der Waals surface area contributed by atoms with Gasteiger partial charge in [0.15, 0.2) is 0 Å². The molecule has 1 saturated heterocycles. The van der Waals surface area contributed by atoms with Crippen molar-refractivity contribution in [3.63, 3.8) is 0 Å². The van der Waals surface area contributed by atoms with Crippen LogP contribution in [-0.4, -0.2) is 34.7 Å². The largest absolute Gasteiger partial charge is 0.459 e. The van der Waals surface area contributed by atoms with Crippen molar-refractivity contribution in [2.24, 2.45) is 0 Å². The monoisotopic (exact) mass is 325 g/mol. The second-order valence-electron chi connectivity index (χ2n) is 4.47. The molecule has 1 aromatic carbocycles. The van der Waals surface area contributed by atoms with Gasteiger partial charge in [0.2, 0.25) is 5.91 Å². The van der Waals surface area contributed by atoms with E-state index in [1.807, 2.05) is 30.3 Å². The summed E-state index contributed by atoms with van der Waals surface area (Å²) in [4.78, 5) is 25.3. The molecule has 1 aromatic rings. The van der Waals surface area contributed by atoms with E-state index < -0.39 is 6.04 Å². The molecule has 0 spiro atoms. The first kappa shape index (κ1) is 14.1. The van der Waals surface area contributed by atoms with Crippen molar-refractivity contribution in [3.05, 3.63) is 35.9 Å². The summed E-state index contributed by atoms with van der Waals surface area (Å²) in [5.74, 6) is -0.366. The molecule has 1 heterocycles. The molecule has 0 bridgehead atoms. The van der Waals surface area contributed by atoms with Gasteiger partial charge in [0.05, 0.1) is 5.33 Å². The number of nitrogens with zero attached hydrogens (tertiary/aromatic N) is 1. The maximum Gasteiger partial charge on any atom is 0.329 e. The lowest BCUT2D eigenvalue weighted by molar-refractivity contribution is -0.153. The summed E-state index contributed by atoms with van der Waals surface area (Å²) < 4.78 is 5.29. The van der Waals surface area contributed by atoms with Crippen molar-refractivity contribution in [3.8, 4) is 0 Å². The second kappa shape index (κ2) is 6.70. The predicted molar refractivity (Wildman–Crippen MR) is 74.8 cm³/mol. The summed E-state index contributed by atoms with van der Waals surface area (Å²) in [7, 11) is 0. The maximum absolute atomic E-state index is 12.0. The number of halogens is 1. The van der Waals surface area contributed by atoms with Gasteiger partial charge >= 0.3 is 5.97 Å². The van der Waals surface area contributed by atoms with Gasteiger partial charge in [-0.2, -0.15) is 0 Å². The lowest BCUT2D eigenvalue weighted by Crippen LogP contribution is -2.41. The molecule has 0 radical (unpaired) electrons. The minimum Gasteiger partial charge on any atom is -0.459 e. The van der Waals surface area contributed by atoms with Gasteiger partial charge in [-0.25, -0.2) is 4.79 Å². The van der Waals surface area contributed by atoms with Gasteiger partial charge in [0.25, 0.3) is 0 Å². The highest BCUT2D eigenvalue weighted by atomic mass is 79.9. The number of carbonyl (C=O) groups is 2. The highest BCUT2D eigenvalue weighted by Gasteiger charge is 2.34. The number of amides is 1. The molecule has 0 aliphatic carbocycles. The van der Waals surface area contributed by atoms with E-state index in [9.17, 15) is 9.59 Å². The molecule has 0 saturated carbocycles. The van der Waals surface area contributed by atoms with Crippen LogP contribution in [0, 0.1) is 0 Å². The van der Waals surface area contributed by atoms with E-state index in [1.54, 1.807) is 4.90 Å². The number of hydrogen-bond acceptors (Lipinski definition) is 3. The van der Waals surface area contributed by atoms with E-state index in [2.05, 4.69) is 15.9 Å². The van der Waals surface area contributed by atoms with Gasteiger partial charge < -0.3 is 9.64 Å². The zero-order valence-corrected chi connectivity index (χ0v) is 12.1. The first-order valence-corrected chi connectivity index (χ1v) is 7.40. The van der Waals surface area contributed by atoms with E-state index >= 15 is 0 Å². The third-order valence-electron chi connectivity index (χ3n) is 3.18. The fourth-order valence-corrected chi connectivity index (χ4v) is 2.53. The van der Waals surface area contributed by atoms with Crippen LogP contribution in [0.3, 0.4) is 0 Å². The van der Waals surface area contributed by atoms with Crippen LogP contribution in [0.15, 0.2) is 30.3 Å². The second-order valence-corrected chi connectivity index (χ2v) is 5.03. The third-order valence-corrected chi connectivity index (χ3v) is 3.66. The Kier molecular flexibility index (Phi) is 4.96. The normalized spacial score (nSPS) is 18.4. The number of carbonyl (C=O) groups excluding carboxylic acids is 2. The maximum atomic E-state index is 12.0. The van der Waals surface area contributed by atoms with Crippen molar-refractivity contribution in [1.82, 2.24) is 4.90 Å². The molecule has 4 nitrogen and oxygen atoms in total. The van der Waals surface area contributed by atoms with E-state index in [0.717, 1.165) is 12.0 Å². The highest BCUT2D eigenvalue weighted by Crippen LogP contribution is 2.19. The molecule has 1 amide bonds. The summed E-state index contributed by atoms with van der Waals surface area (Å²) >= 11 is 3.13. The van der Waals surface area contributed by atoms with Crippen LogP contribution in [0.1, 0.15) is 18.4 Å². The van der Waals surface area contributed by atoms with Crippen molar-refractivity contribution >= 4 is 27.8 Å². The number of ether oxygens (including phenoxy) is 1. The molecule has 5 heteroatoms. The predicted octanol–water partition coefficient (Wildman–Crippen LogP) is 2.12. The van der Waals surface area contributed by atoms with E-state index in [1.165, 1.54) is 0 Å². The molecular weight excluding hydrogens is 310 g/mol. The number of benzene rings is 1. The van der Waals surface area contributed by atoms with Crippen molar-refractivity contribution < 1.29 is 14.3 Å². The Morgan fingerprint density at radius 2 is 2.05 bits per heavy atom. The number of rotatable bonds is 4. The van der Waals surface area contributed by atoms with Gasteiger partial charge in [-0.3, -0.25) is 4.79 Å². The lowest BCUT2D eigenvalue weighted by atomic mass is 10.2. The molecule has 0 aromatic heterocycles. The Balaban J connectivity index is 1.90. The SMILES string of the molecule is O=C(OCc1ccccc1)[C@H]1CCCN1C(=O)CBr. The van der Waals surface area contributed by atoms with Gasteiger partial charge in [0.1, 0.15) is 12.6 Å². The Labute approximate surface area is 120 Å². The molecule has 1 fully saturated rings. The van der Waals surface area contributed by atoms with Gasteiger partial charge in [-0.1, -0.05) is 46.3 Å². The molecule has 1 atom stereocenters. The zero-order chi connectivity index (χ0) is 13.7. The van der Waals surface area contributed by atoms with Gasteiger partial charge in [-0.15, -0.1) is 0 Å². The number of esters is 1. The minimum absolute atomic E-state index is 0.0563. The summed E-state index contributed by atoms with van der Waals surface area (Å²) in [5, 5.41) is 0.246. The molecule has 0 unspecified atom stereocenters. The van der Waals surface area contributed by atoms with Crippen molar-refractivity contribution in [2.45, 2.75) is 25.5 Å². The number of hydrogen-bond donors (Lipinski definition) is 0. The van der Waals surface area contributed by atoms with Crippen LogP contribution >= 0.6 is 15.9 Å². The van der Waals surface area contributed by atoms with Crippen LogP contribution in [0.2, 0.25) is 0 Å². The van der Waals surface area contributed by atoms with Gasteiger partial charge in [-0.05, 0) is 18.4 Å². The van der Waals surface area contributed by atoms with E-state index in [4.69, 9.17) is 4.74 Å². The molecule has 2 rings (SSSR count).